The first-order chi connectivity index (χ1) is 12.6. The number of ether oxygens (including phenoxy) is 4. The largest absolute Gasteiger partial charge is 0.496 e. The highest BCUT2D eigenvalue weighted by Crippen LogP contribution is 2.40. The quantitative estimate of drug-likeness (QED) is 0.620. The van der Waals surface area contributed by atoms with Gasteiger partial charge in [-0.2, -0.15) is 0 Å². The zero-order chi connectivity index (χ0) is 20.4. The Morgan fingerprint density at radius 3 is 2.15 bits per heavy atom. The zero-order valence-electron chi connectivity index (χ0n) is 15.9. The second-order valence-corrected chi connectivity index (χ2v) is 7.52. The molecule has 2 rings (SSSR count). The Bertz CT molecular complexity index is 895. The van der Waals surface area contributed by atoms with Gasteiger partial charge in [-0.05, 0) is 26.8 Å². The van der Waals surface area contributed by atoms with E-state index in [1.165, 1.54) is 27.4 Å². The Balaban J connectivity index is 2.59. The molecule has 1 aromatic heterocycles. The Morgan fingerprint density at radius 2 is 1.63 bits per heavy atom. The fraction of sp³-hybridized carbons (Fsp3) is 0.389. The Kier molecular flexibility index (Phi) is 5.94. The fourth-order valence-electron chi connectivity index (χ4n) is 2.38. The van der Waals surface area contributed by atoms with E-state index in [0.29, 0.717) is 21.5 Å². The Hall–Kier alpha value is -2.81. The van der Waals surface area contributed by atoms with Crippen molar-refractivity contribution in [2.24, 2.45) is 0 Å². The lowest BCUT2D eigenvalue weighted by Crippen LogP contribution is -2.27. The van der Waals surface area contributed by atoms with Gasteiger partial charge in [-0.25, -0.2) is 14.4 Å². The van der Waals surface area contributed by atoms with Crippen molar-refractivity contribution in [1.29, 1.82) is 0 Å². The second kappa shape index (κ2) is 7.83. The molecule has 0 aliphatic heterocycles. The molecule has 0 aliphatic carbocycles. The SMILES string of the molecule is COC(=O)c1sc2cc(NC(=O)OC(C)(C)C)cc(OC)c2c1C(=O)OC. The minimum absolute atomic E-state index is 0.0602. The highest BCUT2D eigenvalue weighted by molar-refractivity contribution is 7.21. The Labute approximate surface area is 160 Å². The van der Waals surface area contributed by atoms with Gasteiger partial charge in [-0.1, -0.05) is 0 Å². The number of fused-ring (bicyclic) bond motifs is 1. The molecule has 0 spiro atoms. The van der Waals surface area contributed by atoms with Crippen LogP contribution < -0.4 is 10.1 Å². The number of amides is 1. The van der Waals surface area contributed by atoms with Crippen molar-refractivity contribution in [3.05, 3.63) is 22.6 Å². The first kappa shape index (κ1) is 20.5. The molecule has 0 fully saturated rings. The van der Waals surface area contributed by atoms with Crippen LogP contribution in [0.3, 0.4) is 0 Å². The summed E-state index contributed by atoms with van der Waals surface area (Å²) in [5.74, 6) is -1.06. The van der Waals surface area contributed by atoms with E-state index >= 15 is 0 Å². The molecule has 146 valence electrons. The third-order valence-electron chi connectivity index (χ3n) is 3.38. The summed E-state index contributed by atoms with van der Waals surface area (Å²) in [4.78, 5) is 36.5. The van der Waals surface area contributed by atoms with E-state index in [2.05, 4.69) is 5.32 Å². The standard InChI is InChI=1S/C18H21NO7S/c1-18(2,3)26-17(22)19-9-7-10(23-4)12-11(8-9)27-14(16(21)25-6)13(12)15(20)24-5/h7-8H,1-6H3,(H,19,22). The predicted molar refractivity (Wildman–Crippen MR) is 101 cm³/mol. The van der Waals surface area contributed by atoms with Crippen LogP contribution in [0.4, 0.5) is 10.5 Å². The molecule has 8 nitrogen and oxygen atoms in total. The molecule has 1 aromatic carbocycles. The van der Waals surface area contributed by atoms with Gasteiger partial charge in [0.2, 0.25) is 0 Å². The zero-order valence-corrected chi connectivity index (χ0v) is 16.7. The molecule has 1 N–H and O–H groups in total. The molecule has 1 amide bonds. The minimum atomic E-state index is -0.687. The molecule has 0 saturated heterocycles. The molecule has 27 heavy (non-hydrogen) atoms. The summed E-state index contributed by atoms with van der Waals surface area (Å²) >= 11 is 1.04. The third kappa shape index (κ3) is 4.48. The average Bonchev–Trinajstić information content (AvgIpc) is 2.97. The number of nitrogens with one attached hydrogen (secondary N) is 1. The second-order valence-electron chi connectivity index (χ2n) is 6.47. The molecule has 0 bridgehead atoms. The molecule has 2 aromatic rings. The summed E-state index contributed by atoms with van der Waals surface area (Å²) in [7, 11) is 3.86. The van der Waals surface area contributed by atoms with E-state index in [-0.39, 0.29) is 10.4 Å². The highest BCUT2D eigenvalue weighted by atomic mass is 32.1. The van der Waals surface area contributed by atoms with E-state index < -0.39 is 23.6 Å². The minimum Gasteiger partial charge on any atom is -0.496 e. The van der Waals surface area contributed by atoms with Crippen molar-refractivity contribution in [2.75, 3.05) is 26.6 Å². The van der Waals surface area contributed by atoms with E-state index in [4.69, 9.17) is 18.9 Å². The monoisotopic (exact) mass is 395 g/mol. The normalized spacial score (nSPS) is 11.0. The molecule has 0 aliphatic rings. The van der Waals surface area contributed by atoms with E-state index in [1.807, 2.05) is 0 Å². The number of hydrogen-bond donors (Lipinski definition) is 1. The summed E-state index contributed by atoms with van der Waals surface area (Å²) in [5, 5.41) is 3.02. The number of hydrogen-bond acceptors (Lipinski definition) is 8. The number of rotatable bonds is 4. The van der Waals surface area contributed by atoms with Crippen LogP contribution >= 0.6 is 11.3 Å². The van der Waals surface area contributed by atoms with Crippen LogP contribution in [0.2, 0.25) is 0 Å². The molecule has 0 saturated carbocycles. The molecule has 0 radical (unpaired) electrons. The number of anilines is 1. The fourth-order valence-corrected chi connectivity index (χ4v) is 3.54. The number of carbonyl (C=O) groups excluding carboxylic acids is 3. The van der Waals surface area contributed by atoms with Crippen LogP contribution in [-0.4, -0.2) is 45.0 Å². The van der Waals surface area contributed by atoms with Gasteiger partial charge in [0.25, 0.3) is 0 Å². The maximum absolute atomic E-state index is 12.2. The lowest BCUT2D eigenvalue weighted by molar-refractivity contribution is 0.0561. The van der Waals surface area contributed by atoms with Gasteiger partial charge in [-0.3, -0.25) is 5.32 Å². The van der Waals surface area contributed by atoms with Gasteiger partial charge >= 0.3 is 18.0 Å². The van der Waals surface area contributed by atoms with E-state index in [0.717, 1.165) is 11.3 Å². The van der Waals surface area contributed by atoms with Gasteiger partial charge in [0, 0.05) is 16.5 Å². The number of carbonyl (C=O) groups is 3. The number of benzene rings is 1. The van der Waals surface area contributed by atoms with Crippen molar-refractivity contribution >= 4 is 45.1 Å². The van der Waals surface area contributed by atoms with Gasteiger partial charge in [-0.15, -0.1) is 11.3 Å². The van der Waals surface area contributed by atoms with Crippen molar-refractivity contribution in [1.82, 2.24) is 0 Å². The van der Waals surface area contributed by atoms with Crippen molar-refractivity contribution in [3.63, 3.8) is 0 Å². The smallest absolute Gasteiger partial charge is 0.412 e. The maximum atomic E-state index is 12.2. The van der Waals surface area contributed by atoms with Crippen LogP contribution in [-0.2, 0) is 14.2 Å². The average molecular weight is 395 g/mol. The molecular weight excluding hydrogens is 374 g/mol. The van der Waals surface area contributed by atoms with Crippen LogP contribution in [0.15, 0.2) is 12.1 Å². The Morgan fingerprint density at radius 1 is 1.00 bits per heavy atom. The maximum Gasteiger partial charge on any atom is 0.412 e. The van der Waals surface area contributed by atoms with Crippen LogP contribution in [0.1, 0.15) is 40.8 Å². The molecule has 9 heteroatoms. The summed E-state index contributed by atoms with van der Waals surface area (Å²) in [6, 6.07) is 3.15. The summed E-state index contributed by atoms with van der Waals surface area (Å²) < 4.78 is 20.7. The number of thiophene rings is 1. The van der Waals surface area contributed by atoms with Crippen molar-refractivity contribution < 1.29 is 33.3 Å². The number of esters is 2. The first-order valence-electron chi connectivity index (χ1n) is 7.92. The van der Waals surface area contributed by atoms with Crippen LogP contribution in [0, 0.1) is 0 Å². The lowest BCUT2D eigenvalue weighted by Gasteiger charge is -2.19. The molecular formula is C18H21NO7S. The summed E-state index contributed by atoms with van der Waals surface area (Å²) in [6.07, 6.45) is -0.637. The molecule has 0 unspecified atom stereocenters. The van der Waals surface area contributed by atoms with Gasteiger partial charge in [0.1, 0.15) is 16.2 Å². The summed E-state index contributed by atoms with van der Waals surface area (Å²) in [6.45, 7) is 5.25. The first-order valence-corrected chi connectivity index (χ1v) is 8.74. The number of methoxy groups -OCH3 is 3. The summed E-state index contributed by atoms with van der Waals surface area (Å²) in [5.41, 5.74) is -0.204. The van der Waals surface area contributed by atoms with Crippen molar-refractivity contribution in [3.8, 4) is 5.75 Å². The molecule has 0 atom stereocenters. The van der Waals surface area contributed by atoms with Gasteiger partial charge in [0.15, 0.2) is 0 Å². The predicted octanol–water partition coefficient (Wildman–Crippen LogP) is 3.83. The van der Waals surface area contributed by atoms with E-state index in [1.54, 1.807) is 26.8 Å². The van der Waals surface area contributed by atoms with Gasteiger partial charge < -0.3 is 18.9 Å². The van der Waals surface area contributed by atoms with Crippen LogP contribution in [0.5, 0.6) is 5.75 Å². The van der Waals surface area contributed by atoms with Crippen LogP contribution in [0.25, 0.3) is 10.1 Å². The topological polar surface area (TPSA) is 100 Å². The highest BCUT2D eigenvalue weighted by Gasteiger charge is 2.28. The lowest BCUT2D eigenvalue weighted by atomic mass is 10.1. The van der Waals surface area contributed by atoms with Gasteiger partial charge in [0.05, 0.1) is 32.3 Å². The third-order valence-corrected chi connectivity index (χ3v) is 4.50. The van der Waals surface area contributed by atoms with Crippen molar-refractivity contribution in [2.45, 2.75) is 26.4 Å². The molecule has 1 heterocycles. The van der Waals surface area contributed by atoms with E-state index in [9.17, 15) is 14.4 Å².